The third kappa shape index (κ3) is 5.61. The summed E-state index contributed by atoms with van der Waals surface area (Å²) in [4.78, 5) is 4.25. The fraction of sp³-hybridized carbons (Fsp3) is 0.643. The van der Waals surface area contributed by atoms with E-state index in [1.807, 2.05) is 27.7 Å². The average molecular weight is 315 g/mol. The van der Waals surface area contributed by atoms with Gasteiger partial charge in [0.1, 0.15) is 10.7 Å². The SMILES string of the molecule is CCNc1ccc(S(=O)(=O)NC(COCC)C(C)C)cn1. The molecule has 2 N–H and O–H groups in total. The van der Waals surface area contributed by atoms with Gasteiger partial charge in [-0.1, -0.05) is 13.8 Å². The highest BCUT2D eigenvalue weighted by Gasteiger charge is 2.22. The van der Waals surface area contributed by atoms with Crippen LogP contribution in [-0.4, -0.2) is 39.2 Å². The topological polar surface area (TPSA) is 80.3 Å². The van der Waals surface area contributed by atoms with Crippen molar-refractivity contribution in [3.63, 3.8) is 0 Å². The van der Waals surface area contributed by atoms with E-state index in [2.05, 4.69) is 15.0 Å². The van der Waals surface area contributed by atoms with E-state index in [-0.39, 0.29) is 16.9 Å². The fourth-order valence-corrected chi connectivity index (χ4v) is 3.01. The van der Waals surface area contributed by atoms with Crippen molar-refractivity contribution in [3.05, 3.63) is 18.3 Å². The van der Waals surface area contributed by atoms with Crippen molar-refractivity contribution in [2.24, 2.45) is 5.92 Å². The van der Waals surface area contributed by atoms with Crippen LogP contribution in [0.5, 0.6) is 0 Å². The number of sulfonamides is 1. The lowest BCUT2D eigenvalue weighted by atomic mass is 10.1. The summed E-state index contributed by atoms with van der Waals surface area (Å²) in [5.74, 6) is 0.798. The Morgan fingerprint density at radius 1 is 1.29 bits per heavy atom. The number of pyridine rings is 1. The first kappa shape index (κ1) is 17.9. The van der Waals surface area contributed by atoms with Gasteiger partial charge in [-0.15, -0.1) is 0 Å². The molecule has 7 heteroatoms. The predicted molar refractivity (Wildman–Crippen MR) is 83.8 cm³/mol. The van der Waals surface area contributed by atoms with Gasteiger partial charge in [0.15, 0.2) is 0 Å². The van der Waals surface area contributed by atoms with Gasteiger partial charge in [-0.05, 0) is 31.9 Å². The Bertz CT molecular complexity index is 515. The quantitative estimate of drug-likeness (QED) is 0.727. The predicted octanol–water partition coefficient (Wildman–Crippen LogP) is 1.85. The molecule has 0 radical (unpaired) electrons. The Balaban J connectivity index is 2.83. The molecule has 120 valence electrons. The Hall–Kier alpha value is -1.18. The minimum Gasteiger partial charge on any atom is -0.380 e. The standard InChI is InChI=1S/C14H25N3O3S/c1-5-15-14-8-7-12(9-16-14)21(18,19)17-13(11(3)4)10-20-6-2/h7-9,11,13,17H,5-6,10H2,1-4H3,(H,15,16). The van der Waals surface area contributed by atoms with Crippen LogP contribution in [0.3, 0.4) is 0 Å². The van der Waals surface area contributed by atoms with Crippen molar-refractivity contribution in [1.82, 2.24) is 9.71 Å². The van der Waals surface area contributed by atoms with Crippen LogP contribution >= 0.6 is 0 Å². The molecule has 1 unspecified atom stereocenters. The van der Waals surface area contributed by atoms with Gasteiger partial charge >= 0.3 is 0 Å². The molecule has 1 atom stereocenters. The zero-order chi connectivity index (χ0) is 15.9. The average Bonchev–Trinajstić information content (AvgIpc) is 2.44. The molecular formula is C14H25N3O3S. The van der Waals surface area contributed by atoms with E-state index >= 15 is 0 Å². The van der Waals surface area contributed by atoms with Gasteiger partial charge < -0.3 is 10.1 Å². The first-order chi connectivity index (χ1) is 9.90. The van der Waals surface area contributed by atoms with Crippen LogP contribution in [-0.2, 0) is 14.8 Å². The fourth-order valence-electron chi connectivity index (χ4n) is 1.70. The number of aromatic nitrogens is 1. The van der Waals surface area contributed by atoms with Gasteiger partial charge in [0, 0.05) is 25.4 Å². The third-order valence-electron chi connectivity index (χ3n) is 3.02. The highest BCUT2D eigenvalue weighted by atomic mass is 32.2. The molecule has 1 rings (SSSR count). The number of nitrogens with zero attached hydrogens (tertiary/aromatic N) is 1. The number of ether oxygens (including phenoxy) is 1. The van der Waals surface area contributed by atoms with Gasteiger partial charge in [-0.2, -0.15) is 0 Å². The summed E-state index contributed by atoms with van der Waals surface area (Å²) in [5.41, 5.74) is 0. The summed E-state index contributed by atoms with van der Waals surface area (Å²) >= 11 is 0. The van der Waals surface area contributed by atoms with Crippen LogP contribution in [0.2, 0.25) is 0 Å². The van der Waals surface area contributed by atoms with E-state index in [0.717, 1.165) is 6.54 Å². The minimum atomic E-state index is -3.59. The largest absolute Gasteiger partial charge is 0.380 e. The van der Waals surface area contributed by atoms with Crippen molar-refractivity contribution in [2.75, 3.05) is 25.1 Å². The van der Waals surface area contributed by atoms with Gasteiger partial charge in [-0.3, -0.25) is 0 Å². The van der Waals surface area contributed by atoms with Gasteiger partial charge in [-0.25, -0.2) is 18.1 Å². The summed E-state index contributed by atoms with van der Waals surface area (Å²) in [5, 5.41) is 3.03. The van der Waals surface area contributed by atoms with Gasteiger partial charge in [0.2, 0.25) is 10.0 Å². The summed E-state index contributed by atoms with van der Waals surface area (Å²) in [7, 11) is -3.59. The lowest BCUT2D eigenvalue weighted by Gasteiger charge is -2.22. The van der Waals surface area contributed by atoms with Crippen LogP contribution < -0.4 is 10.0 Å². The summed E-state index contributed by atoms with van der Waals surface area (Å²) in [6, 6.07) is 2.94. The van der Waals surface area contributed by atoms with Crippen molar-refractivity contribution in [3.8, 4) is 0 Å². The second-order valence-electron chi connectivity index (χ2n) is 5.04. The normalized spacial score (nSPS) is 13.4. The molecule has 1 heterocycles. The van der Waals surface area contributed by atoms with Crippen molar-refractivity contribution >= 4 is 15.8 Å². The summed E-state index contributed by atoms with van der Waals surface area (Å²) < 4.78 is 32.7. The van der Waals surface area contributed by atoms with E-state index in [1.54, 1.807) is 12.1 Å². The molecule has 0 bridgehead atoms. The number of nitrogens with one attached hydrogen (secondary N) is 2. The highest BCUT2D eigenvalue weighted by Crippen LogP contribution is 2.13. The van der Waals surface area contributed by atoms with Crippen molar-refractivity contribution < 1.29 is 13.2 Å². The molecule has 0 saturated heterocycles. The molecule has 21 heavy (non-hydrogen) atoms. The zero-order valence-corrected chi connectivity index (χ0v) is 13.9. The van der Waals surface area contributed by atoms with Gasteiger partial charge in [0.05, 0.1) is 6.61 Å². The molecule has 0 aromatic carbocycles. The van der Waals surface area contributed by atoms with E-state index in [9.17, 15) is 8.42 Å². The van der Waals surface area contributed by atoms with Crippen molar-refractivity contribution in [1.29, 1.82) is 0 Å². The summed E-state index contributed by atoms with van der Waals surface area (Å²) in [6.45, 7) is 9.41. The molecule has 0 aliphatic heterocycles. The zero-order valence-electron chi connectivity index (χ0n) is 13.1. The van der Waals surface area contributed by atoms with Crippen molar-refractivity contribution in [2.45, 2.75) is 38.6 Å². The lowest BCUT2D eigenvalue weighted by molar-refractivity contribution is 0.116. The minimum absolute atomic E-state index is 0.139. The molecule has 0 aliphatic rings. The lowest BCUT2D eigenvalue weighted by Crippen LogP contribution is -2.41. The van der Waals surface area contributed by atoms with E-state index in [0.29, 0.717) is 19.0 Å². The number of hydrogen-bond acceptors (Lipinski definition) is 5. The van der Waals surface area contributed by atoms with Crippen LogP contribution in [0.25, 0.3) is 0 Å². The molecule has 0 aliphatic carbocycles. The third-order valence-corrected chi connectivity index (χ3v) is 4.49. The first-order valence-electron chi connectivity index (χ1n) is 7.20. The molecule has 0 amide bonds. The molecule has 0 fully saturated rings. The first-order valence-corrected chi connectivity index (χ1v) is 8.69. The van der Waals surface area contributed by atoms with E-state index in [1.165, 1.54) is 6.20 Å². The number of anilines is 1. The number of rotatable bonds is 9. The number of hydrogen-bond donors (Lipinski definition) is 2. The van der Waals surface area contributed by atoms with E-state index in [4.69, 9.17) is 4.74 Å². The molecular weight excluding hydrogens is 290 g/mol. The Morgan fingerprint density at radius 2 is 2.00 bits per heavy atom. The van der Waals surface area contributed by atoms with E-state index < -0.39 is 10.0 Å². The second kappa shape index (κ2) is 8.31. The second-order valence-corrected chi connectivity index (χ2v) is 6.75. The van der Waals surface area contributed by atoms with Gasteiger partial charge in [0.25, 0.3) is 0 Å². The molecule has 1 aromatic rings. The monoisotopic (exact) mass is 315 g/mol. The summed E-state index contributed by atoms with van der Waals surface area (Å²) in [6.07, 6.45) is 1.36. The van der Waals surface area contributed by atoms with Crippen LogP contribution in [0.15, 0.2) is 23.2 Å². The Morgan fingerprint density at radius 3 is 2.48 bits per heavy atom. The van der Waals surface area contributed by atoms with Crippen LogP contribution in [0, 0.1) is 5.92 Å². The van der Waals surface area contributed by atoms with Crippen LogP contribution in [0.1, 0.15) is 27.7 Å². The molecule has 0 saturated carbocycles. The molecule has 6 nitrogen and oxygen atoms in total. The maximum absolute atomic E-state index is 12.4. The Kier molecular flexibility index (Phi) is 7.07. The molecule has 1 aromatic heterocycles. The maximum atomic E-state index is 12.4. The van der Waals surface area contributed by atoms with Crippen LogP contribution in [0.4, 0.5) is 5.82 Å². The molecule has 0 spiro atoms. The maximum Gasteiger partial charge on any atom is 0.242 e. The smallest absolute Gasteiger partial charge is 0.242 e. The highest BCUT2D eigenvalue weighted by molar-refractivity contribution is 7.89. The Labute approximate surface area is 127 Å².